The monoisotopic (exact) mass is 207 g/mol. The molecular formula is C11H17N3O. The third-order valence-corrected chi connectivity index (χ3v) is 3.15. The third kappa shape index (κ3) is 2.09. The molecule has 1 aromatic rings. The number of nitrogens with zero attached hydrogens (tertiary/aromatic N) is 2. The molecule has 0 spiro atoms. The van der Waals surface area contributed by atoms with Gasteiger partial charge in [-0.25, -0.2) is 0 Å². The Balaban J connectivity index is 2.03. The molecule has 0 aromatic carbocycles. The highest BCUT2D eigenvalue weighted by molar-refractivity contribution is 5.86. The van der Waals surface area contributed by atoms with Crippen molar-refractivity contribution < 1.29 is 4.79 Å². The van der Waals surface area contributed by atoms with Crippen LogP contribution in [0.2, 0.25) is 0 Å². The summed E-state index contributed by atoms with van der Waals surface area (Å²) in [5, 5.41) is 7.47. The molecule has 0 aliphatic carbocycles. The van der Waals surface area contributed by atoms with Crippen molar-refractivity contribution in [2.45, 2.75) is 19.8 Å². The molecule has 2 rings (SSSR count). The number of carbonyl (C=O) groups is 1. The number of ketones is 1. The molecule has 4 nitrogen and oxygen atoms in total. The fraction of sp³-hybridized carbons (Fsp3) is 0.636. The van der Waals surface area contributed by atoms with Gasteiger partial charge in [0.25, 0.3) is 0 Å². The third-order valence-electron chi connectivity index (χ3n) is 3.15. The number of nitrogens with one attached hydrogen (secondary N) is 1. The van der Waals surface area contributed by atoms with Gasteiger partial charge in [0.05, 0.1) is 12.1 Å². The zero-order chi connectivity index (χ0) is 10.9. The minimum atomic E-state index is -0.183. The van der Waals surface area contributed by atoms with E-state index in [1.54, 1.807) is 4.68 Å². The van der Waals surface area contributed by atoms with Crippen molar-refractivity contribution >= 4 is 5.78 Å². The van der Waals surface area contributed by atoms with E-state index in [1.165, 1.54) is 0 Å². The van der Waals surface area contributed by atoms with Crippen molar-refractivity contribution in [1.82, 2.24) is 15.1 Å². The lowest BCUT2D eigenvalue weighted by molar-refractivity contribution is -0.126. The van der Waals surface area contributed by atoms with Crippen LogP contribution in [-0.2, 0) is 18.3 Å². The van der Waals surface area contributed by atoms with E-state index in [9.17, 15) is 4.79 Å². The van der Waals surface area contributed by atoms with Gasteiger partial charge in [-0.2, -0.15) is 5.10 Å². The molecule has 0 radical (unpaired) electrons. The van der Waals surface area contributed by atoms with Crippen molar-refractivity contribution in [3.8, 4) is 0 Å². The Morgan fingerprint density at radius 3 is 3.07 bits per heavy atom. The van der Waals surface area contributed by atoms with E-state index in [-0.39, 0.29) is 5.41 Å². The second-order valence-electron chi connectivity index (χ2n) is 4.57. The summed E-state index contributed by atoms with van der Waals surface area (Å²) < 4.78 is 1.73. The number of hydrogen-bond donors (Lipinski definition) is 1. The van der Waals surface area contributed by atoms with Crippen LogP contribution in [0.4, 0.5) is 0 Å². The average Bonchev–Trinajstić information content (AvgIpc) is 2.76. The van der Waals surface area contributed by atoms with Crippen LogP contribution in [0.25, 0.3) is 0 Å². The minimum absolute atomic E-state index is 0.183. The molecule has 15 heavy (non-hydrogen) atoms. The van der Waals surface area contributed by atoms with Gasteiger partial charge >= 0.3 is 0 Å². The fourth-order valence-electron chi connectivity index (χ4n) is 1.99. The Morgan fingerprint density at radius 1 is 1.73 bits per heavy atom. The van der Waals surface area contributed by atoms with Crippen LogP contribution in [0.3, 0.4) is 0 Å². The fourth-order valence-corrected chi connectivity index (χ4v) is 1.99. The normalized spacial score (nSPS) is 25.7. The molecule has 0 bridgehead atoms. The standard InChI is InChI=1S/C11H17N3O/c1-11(4-5-12-8-11)10(15)7-9-3-6-14(2)13-9/h3,6,12H,4-5,7-8H2,1-2H3. The van der Waals surface area contributed by atoms with Gasteiger partial charge in [0.15, 0.2) is 0 Å². The van der Waals surface area contributed by atoms with Gasteiger partial charge in [-0.05, 0) is 19.0 Å². The van der Waals surface area contributed by atoms with E-state index in [4.69, 9.17) is 0 Å². The molecule has 1 N–H and O–H groups in total. The van der Waals surface area contributed by atoms with Gasteiger partial charge in [0.1, 0.15) is 5.78 Å². The van der Waals surface area contributed by atoms with Gasteiger partial charge in [0.2, 0.25) is 0 Å². The highest BCUT2D eigenvalue weighted by Gasteiger charge is 2.35. The van der Waals surface area contributed by atoms with Gasteiger partial charge in [0, 0.05) is 25.2 Å². The van der Waals surface area contributed by atoms with E-state index in [1.807, 2.05) is 26.2 Å². The first kappa shape index (κ1) is 10.4. The van der Waals surface area contributed by atoms with Crippen LogP contribution in [0.15, 0.2) is 12.3 Å². The first-order valence-electron chi connectivity index (χ1n) is 5.33. The summed E-state index contributed by atoms with van der Waals surface area (Å²) >= 11 is 0. The summed E-state index contributed by atoms with van der Waals surface area (Å²) in [4.78, 5) is 12.1. The van der Waals surface area contributed by atoms with Crippen molar-refractivity contribution in [1.29, 1.82) is 0 Å². The number of aromatic nitrogens is 2. The zero-order valence-corrected chi connectivity index (χ0v) is 9.29. The lowest BCUT2D eigenvalue weighted by atomic mass is 9.83. The van der Waals surface area contributed by atoms with Crippen LogP contribution < -0.4 is 5.32 Å². The minimum Gasteiger partial charge on any atom is -0.316 e. The van der Waals surface area contributed by atoms with Crippen LogP contribution >= 0.6 is 0 Å². The summed E-state index contributed by atoms with van der Waals surface area (Å²) in [7, 11) is 1.87. The predicted octanol–water partition coefficient (Wildman–Crippen LogP) is 0.531. The summed E-state index contributed by atoms with van der Waals surface area (Å²) in [5.74, 6) is 0.297. The van der Waals surface area contributed by atoms with Gasteiger partial charge < -0.3 is 5.32 Å². The number of Topliss-reactive ketones (excluding diaryl/α,β-unsaturated/α-hetero) is 1. The van der Waals surface area contributed by atoms with Gasteiger partial charge in [-0.1, -0.05) is 6.92 Å². The number of rotatable bonds is 3. The van der Waals surface area contributed by atoms with Gasteiger partial charge in [-0.3, -0.25) is 9.48 Å². The van der Waals surface area contributed by atoms with Crippen molar-refractivity contribution in [3.05, 3.63) is 18.0 Å². The molecule has 1 aliphatic rings. The molecule has 1 atom stereocenters. The molecular weight excluding hydrogens is 190 g/mol. The van der Waals surface area contributed by atoms with E-state index in [0.717, 1.165) is 25.2 Å². The Morgan fingerprint density at radius 2 is 2.53 bits per heavy atom. The topological polar surface area (TPSA) is 46.9 Å². The quantitative estimate of drug-likeness (QED) is 0.786. The van der Waals surface area contributed by atoms with Crippen molar-refractivity contribution in [3.63, 3.8) is 0 Å². The van der Waals surface area contributed by atoms with Gasteiger partial charge in [-0.15, -0.1) is 0 Å². The molecule has 1 unspecified atom stereocenters. The molecule has 1 aliphatic heterocycles. The predicted molar refractivity (Wildman–Crippen MR) is 57.5 cm³/mol. The molecule has 1 fully saturated rings. The largest absolute Gasteiger partial charge is 0.316 e. The van der Waals surface area contributed by atoms with E-state index >= 15 is 0 Å². The Labute approximate surface area is 89.7 Å². The summed E-state index contributed by atoms with van der Waals surface area (Å²) in [5.41, 5.74) is 0.688. The number of carbonyl (C=O) groups excluding carboxylic acids is 1. The Kier molecular flexibility index (Phi) is 2.61. The van der Waals surface area contributed by atoms with Crippen LogP contribution in [0, 0.1) is 5.41 Å². The lowest BCUT2D eigenvalue weighted by Gasteiger charge is -2.19. The maximum atomic E-state index is 12.1. The molecule has 0 amide bonds. The Bertz CT molecular complexity index is 364. The molecule has 4 heteroatoms. The smallest absolute Gasteiger partial charge is 0.146 e. The molecule has 0 saturated carbocycles. The zero-order valence-electron chi connectivity index (χ0n) is 9.29. The second-order valence-corrected chi connectivity index (χ2v) is 4.57. The highest BCUT2D eigenvalue weighted by atomic mass is 16.1. The maximum absolute atomic E-state index is 12.1. The lowest BCUT2D eigenvalue weighted by Crippen LogP contribution is -2.31. The van der Waals surface area contributed by atoms with Crippen LogP contribution in [0.1, 0.15) is 19.0 Å². The van der Waals surface area contributed by atoms with Crippen LogP contribution in [0.5, 0.6) is 0 Å². The molecule has 2 heterocycles. The van der Waals surface area contributed by atoms with Crippen molar-refractivity contribution in [2.24, 2.45) is 12.5 Å². The summed E-state index contributed by atoms with van der Waals surface area (Å²) in [6.45, 7) is 3.79. The maximum Gasteiger partial charge on any atom is 0.146 e. The average molecular weight is 207 g/mol. The first-order chi connectivity index (χ1) is 7.10. The van der Waals surface area contributed by atoms with Crippen molar-refractivity contribution in [2.75, 3.05) is 13.1 Å². The molecule has 1 aromatic heterocycles. The molecule has 1 saturated heterocycles. The number of hydrogen-bond acceptors (Lipinski definition) is 3. The van der Waals surface area contributed by atoms with E-state index < -0.39 is 0 Å². The second kappa shape index (κ2) is 3.77. The van der Waals surface area contributed by atoms with Crippen LogP contribution in [-0.4, -0.2) is 28.7 Å². The van der Waals surface area contributed by atoms with E-state index in [2.05, 4.69) is 10.4 Å². The SMILES string of the molecule is Cn1ccc(CC(=O)C2(C)CCNC2)n1. The molecule has 82 valence electrons. The van der Waals surface area contributed by atoms with E-state index in [0.29, 0.717) is 12.2 Å². The summed E-state index contributed by atoms with van der Waals surface area (Å²) in [6.07, 6.45) is 3.27. The number of aryl methyl sites for hydroxylation is 1. The summed E-state index contributed by atoms with van der Waals surface area (Å²) in [6, 6.07) is 1.91. The highest BCUT2D eigenvalue weighted by Crippen LogP contribution is 2.26. The Hall–Kier alpha value is -1.16. The first-order valence-corrected chi connectivity index (χ1v) is 5.33.